The number of nitrogens with zero attached hydrogens (tertiary/aromatic N) is 2. The molecule has 1 N–H and O–H groups in total. The first kappa shape index (κ1) is 12.5. The summed E-state index contributed by atoms with van der Waals surface area (Å²) in [6.07, 6.45) is 3.18. The van der Waals surface area contributed by atoms with Crippen molar-refractivity contribution in [3.8, 4) is 0 Å². The van der Waals surface area contributed by atoms with Gasteiger partial charge >= 0.3 is 0 Å². The Bertz CT molecular complexity index is 346. The summed E-state index contributed by atoms with van der Waals surface area (Å²) in [6, 6.07) is 0. The summed E-state index contributed by atoms with van der Waals surface area (Å²) < 4.78 is 12.3. The summed E-state index contributed by atoms with van der Waals surface area (Å²) in [5.41, 5.74) is 2.47. The first-order valence-corrected chi connectivity index (χ1v) is 6.11. The minimum absolute atomic E-state index is 0.468. The molecule has 96 valence electrons. The summed E-state index contributed by atoms with van der Waals surface area (Å²) in [7, 11) is 3.69. The first-order chi connectivity index (χ1) is 8.31. The predicted molar refractivity (Wildman–Crippen MR) is 65.0 cm³/mol. The molecule has 1 saturated heterocycles. The zero-order valence-corrected chi connectivity index (χ0v) is 10.6. The van der Waals surface area contributed by atoms with Gasteiger partial charge in [0.1, 0.15) is 0 Å². The number of methoxy groups -OCH3 is 1. The molecule has 1 aliphatic rings. The van der Waals surface area contributed by atoms with E-state index in [4.69, 9.17) is 9.47 Å². The highest BCUT2D eigenvalue weighted by atomic mass is 16.5. The van der Waals surface area contributed by atoms with Gasteiger partial charge in [-0.1, -0.05) is 0 Å². The molecular formula is C12H21N3O2. The molecule has 0 spiro atoms. The van der Waals surface area contributed by atoms with E-state index in [9.17, 15) is 0 Å². The molecule has 1 unspecified atom stereocenters. The molecule has 2 rings (SSSR count). The van der Waals surface area contributed by atoms with Gasteiger partial charge in [-0.2, -0.15) is 5.10 Å². The lowest BCUT2D eigenvalue weighted by Crippen LogP contribution is -2.19. The Kier molecular flexibility index (Phi) is 4.53. The smallest absolute Gasteiger partial charge is 0.0724 e. The Morgan fingerprint density at radius 3 is 3.24 bits per heavy atom. The van der Waals surface area contributed by atoms with Gasteiger partial charge in [0.15, 0.2) is 0 Å². The summed E-state index contributed by atoms with van der Waals surface area (Å²) >= 11 is 0. The predicted octanol–water partition coefficient (Wildman–Crippen LogP) is 0.660. The third kappa shape index (κ3) is 3.28. The van der Waals surface area contributed by atoms with E-state index in [1.54, 1.807) is 7.11 Å². The number of aromatic nitrogens is 2. The van der Waals surface area contributed by atoms with Crippen LogP contribution < -0.4 is 5.32 Å². The third-order valence-corrected chi connectivity index (χ3v) is 3.05. The molecule has 5 heteroatoms. The standard InChI is InChI=1S/C12H21N3O2/c1-15-8-11(7-13-4-6-16-2)12(14-15)10-3-5-17-9-10/h8,10,13H,3-7,9H2,1-2H3. The average Bonchev–Trinajstić information content (AvgIpc) is 2.93. The first-order valence-electron chi connectivity index (χ1n) is 6.11. The Morgan fingerprint density at radius 1 is 1.65 bits per heavy atom. The summed E-state index contributed by atoms with van der Waals surface area (Å²) in [5.74, 6) is 0.468. The van der Waals surface area contributed by atoms with Gasteiger partial charge in [0, 0.05) is 51.5 Å². The summed E-state index contributed by atoms with van der Waals surface area (Å²) in [5, 5.41) is 7.92. The highest BCUT2D eigenvalue weighted by Crippen LogP contribution is 2.26. The highest BCUT2D eigenvalue weighted by Gasteiger charge is 2.23. The van der Waals surface area contributed by atoms with Crippen molar-refractivity contribution in [3.05, 3.63) is 17.5 Å². The van der Waals surface area contributed by atoms with Crippen LogP contribution in [0.1, 0.15) is 23.6 Å². The van der Waals surface area contributed by atoms with Gasteiger partial charge in [0.05, 0.1) is 18.9 Å². The van der Waals surface area contributed by atoms with Crippen LogP contribution >= 0.6 is 0 Å². The molecule has 1 fully saturated rings. The van der Waals surface area contributed by atoms with Crippen molar-refractivity contribution in [1.29, 1.82) is 0 Å². The maximum absolute atomic E-state index is 5.43. The van der Waals surface area contributed by atoms with Crippen LogP contribution in [0, 0.1) is 0 Å². The second-order valence-electron chi connectivity index (χ2n) is 4.44. The molecule has 0 aliphatic carbocycles. The van der Waals surface area contributed by atoms with Crippen molar-refractivity contribution >= 4 is 0 Å². The van der Waals surface area contributed by atoms with E-state index in [-0.39, 0.29) is 0 Å². The third-order valence-electron chi connectivity index (χ3n) is 3.05. The van der Waals surface area contributed by atoms with E-state index >= 15 is 0 Å². The maximum atomic E-state index is 5.43. The number of ether oxygens (including phenoxy) is 2. The van der Waals surface area contributed by atoms with Crippen molar-refractivity contribution < 1.29 is 9.47 Å². The quantitative estimate of drug-likeness (QED) is 0.741. The van der Waals surface area contributed by atoms with Crippen molar-refractivity contribution in [2.45, 2.75) is 18.9 Å². The van der Waals surface area contributed by atoms with Crippen molar-refractivity contribution in [2.24, 2.45) is 7.05 Å². The minimum atomic E-state index is 0.468. The van der Waals surface area contributed by atoms with Crippen LogP contribution in [0.15, 0.2) is 6.20 Å². The molecule has 1 aliphatic heterocycles. The Balaban J connectivity index is 1.95. The molecule has 1 aromatic heterocycles. The maximum Gasteiger partial charge on any atom is 0.0724 e. The van der Waals surface area contributed by atoms with Crippen LogP contribution in [0.4, 0.5) is 0 Å². The molecule has 0 aromatic carbocycles. The van der Waals surface area contributed by atoms with Gasteiger partial charge in [-0.25, -0.2) is 0 Å². The van der Waals surface area contributed by atoms with Crippen LogP contribution in [0.5, 0.6) is 0 Å². The second kappa shape index (κ2) is 6.14. The fraction of sp³-hybridized carbons (Fsp3) is 0.750. The molecule has 1 aromatic rings. The van der Waals surface area contributed by atoms with E-state index < -0.39 is 0 Å². The summed E-state index contributed by atoms with van der Waals surface area (Å²) in [6.45, 7) is 4.12. The van der Waals surface area contributed by atoms with Gasteiger partial charge in [-0.05, 0) is 6.42 Å². The molecule has 0 radical (unpaired) electrons. The van der Waals surface area contributed by atoms with Gasteiger partial charge in [0.2, 0.25) is 0 Å². The fourth-order valence-corrected chi connectivity index (χ4v) is 2.18. The number of aryl methyl sites for hydroxylation is 1. The Labute approximate surface area is 102 Å². The largest absolute Gasteiger partial charge is 0.383 e. The van der Waals surface area contributed by atoms with E-state index in [0.29, 0.717) is 5.92 Å². The van der Waals surface area contributed by atoms with E-state index in [1.165, 1.54) is 11.3 Å². The van der Waals surface area contributed by atoms with Gasteiger partial charge in [-0.3, -0.25) is 4.68 Å². The second-order valence-corrected chi connectivity index (χ2v) is 4.44. The number of hydrogen-bond acceptors (Lipinski definition) is 4. The zero-order valence-electron chi connectivity index (χ0n) is 10.6. The van der Waals surface area contributed by atoms with E-state index in [0.717, 1.165) is 39.3 Å². The molecule has 5 nitrogen and oxygen atoms in total. The normalized spacial score (nSPS) is 20.0. The van der Waals surface area contributed by atoms with Crippen molar-refractivity contribution in [2.75, 3.05) is 33.5 Å². The lowest BCUT2D eigenvalue weighted by Gasteiger charge is -2.08. The number of rotatable bonds is 6. The van der Waals surface area contributed by atoms with E-state index in [2.05, 4.69) is 16.6 Å². The Hall–Kier alpha value is -0.910. The molecular weight excluding hydrogens is 218 g/mol. The Morgan fingerprint density at radius 2 is 2.53 bits per heavy atom. The van der Waals surface area contributed by atoms with Crippen LogP contribution in [0.2, 0.25) is 0 Å². The van der Waals surface area contributed by atoms with Crippen LogP contribution in [-0.2, 0) is 23.1 Å². The lowest BCUT2D eigenvalue weighted by molar-refractivity contribution is 0.193. The number of nitrogens with one attached hydrogen (secondary N) is 1. The lowest BCUT2D eigenvalue weighted by atomic mass is 10.0. The SMILES string of the molecule is COCCNCc1cn(C)nc1C1CCOC1. The van der Waals surface area contributed by atoms with E-state index in [1.807, 2.05) is 11.7 Å². The molecule has 2 heterocycles. The fourth-order valence-electron chi connectivity index (χ4n) is 2.18. The minimum Gasteiger partial charge on any atom is -0.383 e. The average molecular weight is 239 g/mol. The summed E-state index contributed by atoms with van der Waals surface area (Å²) in [4.78, 5) is 0. The molecule has 0 bridgehead atoms. The molecule has 0 amide bonds. The highest BCUT2D eigenvalue weighted by molar-refractivity contribution is 5.22. The number of hydrogen-bond donors (Lipinski definition) is 1. The van der Waals surface area contributed by atoms with Crippen LogP contribution in [-0.4, -0.2) is 43.3 Å². The molecule has 0 saturated carbocycles. The molecule has 17 heavy (non-hydrogen) atoms. The zero-order chi connectivity index (χ0) is 12.1. The van der Waals surface area contributed by atoms with Crippen LogP contribution in [0.3, 0.4) is 0 Å². The van der Waals surface area contributed by atoms with Crippen molar-refractivity contribution in [1.82, 2.24) is 15.1 Å². The topological polar surface area (TPSA) is 48.3 Å². The monoisotopic (exact) mass is 239 g/mol. The van der Waals surface area contributed by atoms with Gasteiger partial charge < -0.3 is 14.8 Å². The molecule has 1 atom stereocenters. The van der Waals surface area contributed by atoms with Gasteiger partial charge in [-0.15, -0.1) is 0 Å². The van der Waals surface area contributed by atoms with Crippen LogP contribution in [0.25, 0.3) is 0 Å². The van der Waals surface area contributed by atoms with Crippen molar-refractivity contribution in [3.63, 3.8) is 0 Å². The van der Waals surface area contributed by atoms with Gasteiger partial charge in [0.25, 0.3) is 0 Å².